The number of rotatable bonds is 5. The molecular formula is C16H15ClN2O3. The molecule has 0 fully saturated rings. The average molecular weight is 319 g/mol. The summed E-state index contributed by atoms with van der Waals surface area (Å²) >= 11 is 5.41. The summed E-state index contributed by atoms with van der Waals surface area (Å²) in [5, 5.41) is 5.38. The molecule has 0 saturated carbocycles. The van der Waals surface area contributed by atoms with E-state index in [1.807, 2.05) is 0 Å². The Morgan fingerprint density at radius 2 is 1.77 bits per heavy atom. The third kappa shape index (κ3) is 4.23. The molecule has 6 heteroatoms. The fourth-order valence-electron chi connectivity index (χ4n) is 1.80. The highest BCUT2D eigenvalue weighted by Crippen LogP contribution is 2.18. The van der Waals surface area contributed by atoms with Gasteiger partial charge < -0.3 is 15.4 Å². The SMILES string of the molecule is COc1cccc(NC(=O)c2ccc(NC(=O)CCl)cc2)c1. The molecule has 0 unspecified atom stereocenters. The number of methoxy groups -OCH3 is 1. The van der Waals surface area contributed by atoms with Crippen LogP contribution in [0.2, 0.25) is 0 Å². The largest absolute Gasteiger partial charge is 0.497 e. The molecule has 2 rings (SSSR count). The number of benzene rings is 2. The van der Waals surface area contributed by atoms with Gasteiger partial charge in [-0.15, -0.1) is 11.6 Å². The van der Waals surface area contributed by atoms with E-state index in [9.17, 15) is 9.59 Å². The fourth-order valence-corrected chi connectivity index (χ4v) is 1.87. The maximum Gasteiger partial charge on any atom is 0.255 e. The molecule has 0 saturated heterocycles. The Kier molecular flexibility index (Phi) is 5.38. The Labute approximate surface area is 133 Å². The van der Waals surface area contributed by atoms with Crippen molar-refractivity contribution in [2.45, 2.75) is 0 Å². The second-order valence-corrected chi connectivity index (χ2v) is 4.71. The van der Waals surface area contributed by atoms with Gasteiger partial charge in [0.15, 0.2) is 0 Å². The topological polar surface area (TPSA) is 67.4 Å². The van der Waals surface area contributed by atoms with Crippen molar-refractivity contribution >= 4 is 34.8 Å². The van der Waals surface area contributed by atoms with E-state index in [4.69, 9.17) is 16.3 Å². The zero-order chi connectivity index (χ0) is 15.9. The molecule has 2 aromatic rings. The lowest BCUT2D eigenvalue weighted by molar-refractivity contribution is -0.113. The lowest BCUT2D eigenvalue weighted by Crippen LogP contribution is -2.14. The van der Waals surface area contributed by atoms with Crippen molar-refractivity contribution in [1.82, 2.24) is 0 Å². The van der Waals surface area contributed by atoms with Crippen molar-refractivity contribution in [2.24, 2.45) is 0 Å². The Bertz CT molecular complexity index is 671. The van der Waals surface area contributed by atoms with Crippen LogP contribution < -0.4 is 15.4 Å². The van der Waals surface area contributed by atoms with Crippen molar-refractivity contribution in [3.05, 3.63) is 54.1 Å². The summed E-state index contributed by atoms with van der Waals surface area (Å²) in [4.78, 5) is 23.3. The third-order valence-corrected chi connectivity index (χ3v) is 3.12. The first-order chi connectivity index (χ1) is 10.6. The number of hydrogen-bond donors (Lipinski definition) is 2. The summed E-state index contributed by atoms with van der Waals surface area (Å²) in [6.45, 7) is 0. The second kappa shape index (κ2) is 7.47. The minimum Gasteiger partial charge on any atom is -0.497 e. The first-order valence-electron chi connectivity index (χ1n) is 6.53. The molecule has 0 bridgehead atoms. The van der Waals surface area contributed by atoms with Crippen LogP contribution in [0.15, 0.2) is 48.5 Å². The summed E-state index contributed by atoms with van der Waals surface area (Å²) in [5.74, 6) is 0.00796. The normalized spacial score (nSPS) is 9.91. The van der Waals surface area contributed by atoms with Gasteiger partial charge in [0.05, 0.1) is 7.11 Å². The van der Waals surface area contributed by atoms with E-state index in [1.54, 1.807) is 55.6 Å². The highest BCUT2D eigenvalue weighted by atomic mass is 35.5. The van der Waals surface area contributed by atoms with Crippen LogP contribution in [-0.2, 0) is 4.79 Å². The number of alkyl halides is 1. The highest BCUT2D eigenvalue weighted by molar-refractivity contribution is 6.29. The van der Waals surface area contributed by atoms with Crippen LogP contribution in [0.3, 0.4) is 0 Å². The number of ether oxygens (including phenoxy) is 1. The van der Waals surface area contributed by atoms with Gasteiger partial charge >= 0.3 is 0 Å². The molecule has 5 nitrogen and oxygen atoms in total. The molecule has 0 aliphatic rings. The minimum atomic E-state index is -0.296. The van der Waals surface area contributed by atoms with Crippen molar-refractivity contribution in [2.75, 3.05) is 23.6 Å². The zero-order valence-corrected chi connectivity index (χ0v) is 12.7. The highest BCUT2D eigenvalue weighted by Gasteiger charge is 2.07. The van der Waals surface area contributed by atoms with Crippen LogP contribution in [0.1, 0.15) is 10.4 Å². The Balaban J connectivity index is 2.04. The van der Waals surface area contributed by atoms with E-state index in [1.165, 1.54) is 0 Å². The summed E-state index contributed by atoms with van der Waals surface area (Å²) in [5.41, 5.74) is 1.71. The van der Waals surface area contributed by atoms with Gasteiger partial charge in [-0.25, -0.2) is 0 Å². The van der Waals surface area contributed by atoms with Crippen LogP contribution >= 0.6 is 11.6 Å². The molecule has 2 amide bonds. The monoisotopic (exact) mass is 318 g/mol. The fraction of sp³-hybridized carbons (Fsp3) is 0.125. The van der Waals surface area contributed by atoms with Crippen LogP contribution in [-0.4, -0.2) is 24.8 Å². The molecule has 2 N–H and O–H groups in total. The van der Waals surface area contributed by atoms with Crippen LogP contribution in [0, 0.1) is 0 Å². The van der Waals surface area contributed by atoms with E-state index in [0.717, 1.165) is 0 Å². The quantitative estimate of drug-likeness (QED) is 0.832. The molecule has 0 aliphatic heterocycles. The first-order valence-corrected chi connectivity index (χ1v) is 7.07. The van der Waals surface area contributed by atoms with E-state index >= 15 is 0 Å². The molecule has 0 aliphatic carbocycles. The number of amides is 2. The first kappa shape index (κ1) is 15.9. The zero-order valence-electron chi connectivity index (χ0n) is 11.9. The Morgan fingerprint density at radius 1 is 1.05 bits per heavy atom. The molecule has 2 aromatic carbocycles. The number of carbonyl (C=O) groups is 2. The van der Waals surface area contributed by atoms with Crippen molar-refractivity contribution < 1.29 is 14.3 Å². The standard InChI is InChI=1S/C16H15ClN2O3/c1-22-14-4-2-3-13(9-14)19-16(21)11-5-7-12(8-6-11)18-15(20)10-17/h2-9H,10H2,1H3,(H,18,20)(H,19,21). The Hall–Kier alpha value is -2.53. The van der Waals surface area contributed by atoms with Crippen LogP contribution in [0.5, 0.6) is 5.75 Å². The van der Waals surface area contributed by atoms with Crippen LogP contribution in [0.4, 0.5) is 11.4 Å². The van der Waals surface area contributed by atoms with Crippen molar-refractivity contribution in [3.8, 4) is 5.75 Å². The molecule has 0 aromatic heterocycles. The summed E-state index contributed by atoms with van der Waals surface area (Å²) < 4.78 is 5.10. The molecule has 0 atom stereocenters. The van der Waals surface area contributed by atoms with Gasteiger partial charge in [-0.1, -0.05) is 6.07 Å². The average Bonchev–Trinajstić information content (AvgIpc) is 2.55. The number of halogens is 1. The number of anilines is 2. The molecule has 114 valence electrons. The Morgan fingerprint density at radius 3 is 2.41 bits per heavy atom. The van der Waals surface area contributed by atoms with Gasteiger partial charge in [0.2, 0.25) is 5.91 Å². The van der Waals surface area contributed by atoms with Gasteiger partial charge in [-0.05, 0) is 36.4 Å². The molecular weight excluding hydrogens is 304 g/mol. The van der Waals surface area contributed by atoms with E-state index in [2.05, 4.69) is 10.6 Å². The summed E-state index contributed by atoms with van der Waals surface area (Å²) in [7, 11) is 1.56. The predicted octanol–water partition coefficient (Wildman–Crippen LogP) is 3.12. The van der Waals surface area contributed by atoms with Gasteiger partial charge in [-0.3, -0.25) is 9.59 Å². The predicted molar refractivity (Wildman–Crippen MR) is 86.7 cm³/mol. The lowest BCUT2D eigenvalue weighted by atomic mass is 10.2. The van der Waals surface area contributed by atoms with Gasteiger partial charge in [-0.2, -0.15) is 0 Å². The van der Waals surface area contributed by atoms with E-state index in [-0.39, 0.29) is 17.7 Å². The second-order valence-electron chi connectivity index (χ2n) is 4.45. The molecule has 0 heterocycles. The van der Waals surface area contributed by atoms with Gasteiger partial charge in [0.1, 0.15) is 11.6 Å². The van der Waals surface area contributed by atoms with Gasteiger partial charge in [0, 0.05) is 23.0 Å². The minimum absolute atomic E-state index is 0.113. The molecule has 0 radical (unpaired) electrons. The summed E-state index contributed by atoms with van der Waals surface area (Å²) in [6.07, 6.45) is 0. The number of carbonyl (C=O) groups excluding carboxylic acids is 2. The maximum absolute atomic E-state index is 12.1. The third-order valence-electron chi connectivity index (χ3n) is 2.88. The number of nitrogens with one attached hydrogen (secondary N) is 2. The smallest absolute Gasteiger partial charge is 0.255 e. The van der Waals surface area contributed by atoms with Crippen LogP contribution in [0.25, 0.3) is 0 Å². The van der Waals surface area contributed by atoms with E-state index < -0.39 is 0 Å². The van der Waals surface area contributed by atoms with Crippen molar-refractivity contribution in [3.63, 3.8) is 0 Å². The maximum atomic E-state index is 12.1. The molecule has 22 heavy (non-hydrogen) atoms. The van der Waals surface area contributed by atoms with E-state index in [0.29, 0.717) is 22.7 Å². The van der Waals surface area contributed by atoms with Crippen molar-refractivity contribution in [1.29, 1.82) is 0 Å². The number of hydrogen-bond acceptors (Lipinski definition) is 3. The molecule has 0 spiro atoms. The van der Waals surface area contributed by atoms with Gasteiger partial charge in [0.25, 0.3) is 5.91 Å². The summed E-state index contributed by atoms with van der Waals surface area (Å²) in [6, 6.07) is 13.6. The lowest BCUT2D eigenvalue weighted by Gasteiger charge is -2.08.